The first-order valence-corrected chi connectivity index (χ1v) is 6.48. The number of halogens is 1. The highest BCUT2D eigenvalue weighted by molar-refractivity contribution is 7.45. The predicted molar refractivity (Wildman–Crippen MR) is 68.7 cm³/mol. The minimum atomic E-state index is -1.61. The topological polar surface area (TPSA) is 37.3 Å². The van der Waals surface area contributed by atoms with Crippen LogP contribution in [0, 0.1) is 11.8 Å². The maximum atomic E-state index is 13.4. The van der Waals surface area contributed by atoms with Gasteiger partial charge in [-0.25, -0.2) is 4.39 Å². The third-order valence-corrected chi connectivity index (χ3v) is 4.51. The van der Waals surface area contributed by atoms with Crippen LogP contribution in [0.25, 0.3) is 0 Å². The molecule has 4 atom stereocenters. The normalized spacial score (nSPS) is 26.9. The van der Waals surface area contributed by atoms with Gasteiger partial charge in [-0.3, -0.25) is 0 Å². The molecule has 0 heterocycles. The van der Waals surface area contributed by atoms with Gasteiger partial charge in [-0.1, -0.05) is 26.3 Å². The first-order valence-electron chi connectivity index (χ1n) is 4.97. The number of allylic oxidation sites excluding steroid dienone is 1. The quantitative estimate of drug-likeness (QED) is 0.758. The van der Waals surface area contributed by atoms with E-state index >= 15 is 0 Å². The van der Waals surface area contributed by atoms with Gasteiger partial charge in [-0.05, 0) is 25.8 Å². The Kier molecular flexibility index (Phi) is 8.07. The van der Waals surface area contributed by atoms with Crippen molar-refractivity contribution in [1.82, 2.24) is 0 Å². The minimum absolute atomic E-state index is 0. The van der Waals surface area contributed by atoms with Gasteiger partial charge in [0.2, 0.25) is 0 Å². The molecule has 1 aliphatic rings. The molecule has 1 N–H and O–H groups in total. The van der Waals surface area contributed by atoms with Crippen molar-refractivity contribution in [3.63, 3.8) is 0 Å². The van der Waals surface area contributed by atoms with Gasteiger partial charge in [0.1, 0.15) is 12.0 Å². The van der Waals surface area contributed by atoms with Crippen molar-refractivity contribution in [2.24, 2.45) is 11.8 Å². The molecular weight excluding hydrogens is 226 g/mol. The number of hydrogen-bond donors (Lipinski definition) is 1. The molecule has 1 rings (SSSR count). The van der Waals surface area contributed by atoms with Crippen molar-refractivity contribution in [3.05, 3.63) is 11.4 Å². The molecule has 0 aliphatic heterocycles. The van der Waals surface area contributed by atoms with Crippen LogP contribution in [0.2, 0.25) is 0 Å². The van der Waals surface area contributed by atoms with E-state index in [4.69, 9.17) is 0 Å². The molecule has 1 aliphatic carbocycles. The summed E-state index contributed by atoms with van der Waals surface area (Å²) >= 11 is 0. The fourth-order valence-electron chi connectivity index (χ4n) is 1.96. The van der Waals surface area contributed by atoms with E-state index < -0.39 is 13.6 Å². The van der Waals surface area contributed by atoms with Crippen LogP contribution in [0.4, 0.5) is 4.39 Å². The smallest absolute Gasteiger partial charge is 0.350 e. The van der Waals surface area contributed by atoms with Gasteiger partial charge in [0.15, 0.2) is 0 Å². The average molecular weight is 251 g/mol. The summed E-state index contributed by atoms with van der Waals surface area (Å²) in [6, 6.07) is 0. The molecule has 2 unspecified atom stereocenters. The van der Waals surface area contributed by atoms with Crippen molar-refractivity contribution in [2.45, 2.75) is 47.9 Å². The van der Waals surface area contributed by atoms with Crippen LogP contribution in [0.15, 0.2) is 11.4 Å². The zero-order valence-electron chi connectivity index (χ0n) is 8.83. The summed E-state index contributed by atoms with van der Waals surface area (Å²) in [5, 5.41) is 9.74. The van der Waals surface area contributed by atoms with Gasteiger partial charge >= 0.3 is 7.80 Å². The molecule has 0 aromatic heterocycles. The van der Waals surface area contributed by atoms with E-state index in [1.54, 1.807) is 20.8 Å². The summed E-state index contributed by atoms with van der Waals surface area (Å²) in [7, 11) is -1.61. The Morgan fingerprint density at radius 1 is 1.56 bits per heavy atom. The molecule has 0 saturated heterocycles. The lowest BCUT2D eigenvalue weighted by Gasteiger charge is -2.10. The Labute approximate surface area is 99.7 Å². The van der Waals surface area contributed by atoms with Crippen LogP contribution in [0.1, 0.15) is 42.0 Å². The molecule has 0 aromatic carbocycles. The van der Waals surface area contributed by atoms with E-state index in [1.807, 2.05) is 0 Å². The fraction of sp³-hybridized carbons (Fsp3) is 0.833. The van der Waals surface area contributed by atoms with Crippen LogP contribution in [-0.2, 0) is 4.57 Å². The lowest BCUT2D eigenvalue weighted by atomic mass is 10.0. The summed E-state index contributed by atoms with van der Waals surface area (Å²) in [5.41, 5.74) is 0.585. The first kappa shape index (κ1) is 18.1. The molecule has 16 heavy (non-hydrogen) atoms. The minimum Gasteiger partial charge on any atom is -0.350 e. The van der Waals surface area contributed by atoms with Gasteiger partial charge in [0, 0.05) is 5.92 Å². The SMILES string of the molecule is C.C.CC[P+](=O)C(O)[C@H]1C[C@@H](C)C(F)=C1C. The molecule has 4 heteroatoms. The number of rotatable bonds is 3. The van der Waals surface area contributed by atoms with Gasteiger partial charge in [0.25, 0.3) is 5.85 Å². The van der Waals surface area contributed by atoms with Gasteiger partial charge < -0.3 is 5.11 Å². The largest absolute Gasteiger partial charge is 0.370 e. The second kappa shape index (κ2) is 7.13. The highest BCUT2D eigenvalue weighted by Gasteiger charge is 2.41. The van der Waals surface area contributed by atoms with Crippen molar-refractivity contribution in [2.75, 3.05) is 6.16 Å². The molecule has 0 fully saturated rings. The van der Waals surface area contributed by atoms with Crippen molar-refractivity contribution in [3.8, 4) is 0 Å². The van der Waals surface area contributed by atoms with E-state index in [1.165, 1.54) is 0 Å². The van der Waals surface area contributed by atoms with Gasteiger partial charge in [0.05, 0.1) is 5.92 Å². The Hall–Kier alpha value is -0.270. The summed E-state index contributed by atoms with van der Waals surface area (Å²) in [5.74, 6) is -1.37. The first-order chi connectivity index (χ1) is 6.49. The highest BCUT2D eigenvalue weighted by Crippen LogP contribution is 2.44. The molecule has 96 valence electrons. The summed E-state index contributed by atoms with van der Waals surface area (Å²) in [6.07, 6.45) is 1.04. The predicted octanol–water partition coefficient (Wildman–Crippen LogP) is 4.32. The zero-order chi connectivity index (χ0) is 10.9. The molecule has 0 amide bonds. The van der Waals surface area contributed by atoms with Crippen LogP contribution in [0.5, 0.6) is 0 Å². The van der Waals surface area contributed by atoms with Crippen molar-refractivity contribution in [1.29, 1.82) is 0 Å². The monoisotopic (exact) mass is 251 g/mol. The van der Waals surface area contributed by atoms with Crippen molar-refractivity contribution < 1.29 is 14.1 Å². The average Bonchev–Trinajstić information content (AvgIpc) is 2.43. The number of hydrogen-bond acceptors (Lipinski definition) is 2. The summed E-state index contributed by atoms with van der Waals surface area (Å²) < 4.78 is 24.8. The standard InChI is InChI=1S/C10H17FO2P.2CH4/c1-4-14(13)10(12)8-5-6(2)9(11)7(8)3;;/h6,8,10,12H,4-5H2,1-3H3;2*1H4/q+1;;/t6-,8+,10?;;/m1../s1. The van der Waals surface area contributed by atoms with E-state index in [0.717, 1.165) is 0 Å². The zero-order valence-corrected chi connectivity index (χ0v) is 9.72. The summed E-state index contributed by atoms with van der Waals surface area (Å²) in [4.78, 5) is 0. The van der Waals surface area contributed by atoms with E-state index in [0.29, 0.717) is 18.2 Å². The molecular formula is C12H25FO2P+. The van der Waals surface area contributed by atoms with Crippen LogP contribution < -0.4 is 0 Å². The second-order valence-corrected chi connectivity index (χ2v) is 5.92. The fourth-order valence-corrected chi connectivity index (χ4v) is 3.08. The second-order valence-electron chi connectivity index (χ2n) is 3.92. The summed E-state index contributed by atoms with van der Waals surface area (Å²) in [6.45, 7) is 5.26. The Bertz CT molecular complexity index is 276. The maximum Gasteiger partial charge on any atom is 0.370 e. The molecule has 0 radical (unpaired) electrons. The van der Waals surface area contributed by atoms with Crippen LogP contribution >= 0.6 is 7.80 Å². The van der Waals surface area contributed by atoms with E-state index in [2.05, 4.69) is 0 Å². The lowest BCUT2D eigenvalue weighted by Crippen LogP contribution is -2.16. The maximum absolute atomic E-state index is 13.4. The number of aliphatic hydroxyl groups is 1. The third kappa shape index (κ3) is 3.36. The highest BCUT2D eigenvalue weighted by atomic mass is 31.1. The molecule has 0 aromatic rings. The Balaban J connectivity index is 0. The molecule has 2 nitrogen and oxygen atoms in total. The van der Waals surface area contributed by atoms with Crippen molar-refractivity contribution >= 4 is 7.80 Å². The number of aliphatic hydroxyl groups excluding tert-OH is 1. The van der Waals surface area contributed by atoms with E-state index in [9.17, 15) is 14.1 Å². The van der Waals surface area contributed by atoms with Crippen LogP contribution in [-0.4, -0.2) is 17.1 Å². The Morgan fingerprint density at radius 3 is 2.38 bits per heavy atom. The lowest BCUT2D eigenvalue weighted by molar-refractivity contribution is 0.195. The molecule has 0 spiro atoms. The van der Waals surface area contributed by atoms with Gasteiger partial charge in [-0.15, -0.1) is 0 Å². The molecule has 0 saturated carbocycles. The van der Waals surface area contributed by atoms with Gasteiger partial charge in [-0.2, -0.15) is 0 Å². The third-order valence-electron chi connectivity index (χ3n) is 2.94. The van der Waals surface area contributed by atoms with Crippen LogP contribution in [0.3, 0.4) is 0 Å². The molecule has 0 bridgehead atoms. The Morgan fingerprint density at radius 2 is 2.06 bits per heavy atom. The van der Waals surface area contributed by atoms with E-state index in [-0.39, 0.29) is 32.5 Å².